The first-order valence-corrected chi connectivity index (χ1v) is 4.79. The second-order valence-electron chi connectivity index (χ2n) is 5.12. The van der Waals surface area contributed by atoms with Crippen LogP contribution in [0.25, 0.3) is 0 Å². The quantitative estimate of drug-likeness (QED) is 0.566. The van der Waals surface area contributed by atoms with E-state index in [-0.39, 0.29) is 0 Å². The first kappa shape index (κ1) is 7.60. The highest BCUT2D eigenvalue weighted by atomic mass is 14.7. The van der Waals surface area contributed by atoms with Gasteiger partial charge < -0.3 is 5.73 Å². The average molecular weight is 153 g/mol. The zero-order valence-corrected chi connectivity index (χ0v) is 7.80. The Bertz CT molecular complexity index is 174. The topological polar surface area (TPSA) is 26.0 Å². The second kappa shape index (κ2) is 2.01. The Morgan fingerprint density at radius 2 is 1.91 bits per heavy atom. The summed E-state index contributed by atoms with van der Waals surface area (Å²) in [7, 11) is 0. The number of hydrogen-bond donors (Lipinski definition) is 1. The van der Waals surface area contributed by atoms with Gasteiger partial charge in [-0.15, -0.1) is 0 Å². The smallest absolute Gasteiger partial charge is 0.00702 e. The maximum absolute atomic E-state index is 6.02. The molecule has 3 saturated carbocycles. The molecule has 3 aliphatic carbocycles. The molecule has 0 radical (unpaired) electrons. The fraction of sp³-hybridized carbons (Fsp3) is 1.00. The molecule has 3 fully saturated rings. The van der Waals surface area contributed by atoms with Crippen LogP contribution in [0.3, 0.4) is 0 Å². The van der Waals surface area contributed by atoms with Crippen molar-refractivity contribution < 1.29 is 0 Å². The van der Waals surface area contributed by atoms with Gasteiger partial charge in [0.2, 0.25) is 0 Å². The molecule has 2 bridgehead atoms. The summed E-state index contributed by atoms with van der Waals surface area (Å²) in [6.45, 7) is 7.15. The van der Waals surface area contributed by atoms with Crippen LogP contribution in [0.15, 0.2) is 0 Å². The molecule has 0 aromatic rings. The van der Waals surface area contributed by atoms with Crippen molar-refractivity contribution in [1.82, 2.24) is 0 Å². The number of fused-ring (bicyclic) bond motifs is 2. The molecule has 0 aliphatic heterocycles. The minimum absolute atomic E-state index is 0.492. The fourth-order valence-electron chi connectivity index (χ4n) is 3.19. The van der Waals surface area contributed by atoms with E-state index in [1.165, 1.54) is 12.8 Å². The summed E-state index contributed by atoms with van der Waals surface area (Å²) in [4.78, 5) is 0. The molecule has 0 heterocycles. The molecule has 2 N–H and O–H groups in total. The van der Waals surface area contributed by atoms with Crippen molar-refractivity contribution in [3.8, 4) is 0 Å². The van der Waals surface area contributed by atoms with Crippen LogP contribution in [0.5, 0.6) is 0 Å². The molecule has 4 atom stereocenters. The lowest BCUT2D eigenvalue weighted by Crippen LogP contribution is -2.58. The third-order valence-electron chi connectivity index (χ3n) is 4.41. The zero-order chi connectivity index (χ0) is 8.22. The van der Waals surface area contributed by atoms with E-state index in [4.69, 9.17) is 5.73 Å². The van der Waals surface area contributed by atoms with Crippen molar-refractivity contribution in [3.63, 3.8) is 0 Å². The third kappa shape index (κ3) is 0.807. The summed E-state index contributed by atoms with van der Waals surface area (Å²) in [6, 6.07) is 0.492. The average Bonchev–Trinajstić information content (AvgIpc) is 1.93. The van der Waals surface area contributed by atoms with Crippen LogP contribution in [0.4, 0.5) is 0 Å². The SMILES string of the molecule is C[C@@H]1[C@H]2C[C@H](C[C@@H]1N)C2(C)C. The minimum atomic E-state index is 0.492. The van der Waals surface area contributed by atoms with E-state index in [2.05, 4.69) is 20.8 Å². The Morgan fingerprint density at radius 1 is 1.27 bits per heavy atom. The van der Waals surface area contributed by atoms with Crippen LogP contribution >= 0.6 is 0 Å². The van der Waals surface area contributed by atoms with Crippen molar-refractivity contribution in [1.29, 1.82) is 0 Å². The molecule has 0 aromatic heterocycles. The molecule has 3 aliphatic rings. The highest BCUT2D eigenvalue weighted by Crippen LogP contribution is 2.60. The first-order chi connectivity index (χ1) is 5.03. The summed E-state index contributed by atoms with van der Waals surface area (Å²) in [5.41, 5.74) is 6.63. The molecular weight excluding hydrogens is 134 g/mol. The predicted octanol–water partition coefficient (Wildman–Crippen LogP) is 2.02. The normalized spacial score (nSPS) is 53.5. The van der Waals surface area contributed by atoms with Crippen LogP contribution in [0.2, 0.25) is 0 Å². The Labute approximate surface area is 69.4 Å². The van der Waals surface area contributed by atoms with Crippen LogP contribution in [0.1, 0.15) is 33.6 Å². The Morgan fingerprint density at radius 3 is 2.27 bits per heavy atom. The van der Waals surface area contributed by atoms with Gasteiger partial charge in [0.1, 0.15) is 0 Å². The molecule has 1 nitrogen and oxygen atoms in total. The summed E-state index contributed by atoms with van der Waals surface area (Å²) in [5.74, 6) is 2.60. The van der Waals surface area contributed by atoms with E-state index < -0.39 is 0 Å². The van der Waals surface area contributed by atoms with Gasteiger partial charge in [-0.2, -0.15) is 0 Å². The van der Waals surface area contributed by atoms with E-state index >= 15 is 0 Å². The summed E-state index contributed by atoms with van der Waals surface area (Å²) in [6.07, 6.45) is 2.71. The van der Waals surface area contributed by atoms with Gasteiger partial charge in [0, 0.05) is 6.04 Å². The molecular formula is C10H19N. The maximum atomic E-state index is 6.02. The predicted molar refractivity (Wildman–Crippen MR) is 47.1 cm³/mol. The van der Waals surface area contributed by atoms with E-state index in [1.54, 1.807) is 0 Å². The number of hydrogen-bond acceptors (Lipinski definition) is 1. The van der Waals surface area contributed by atoms with Crippen molar-refractivity contribution in [2.24, 2.45) is 28.9 Å². The zero-order valence-electron chi connectivity index (χ0n) is 7.80. The van der Waals surface area contributed by atoms with Gasteiger partial charge in [-0.05, 0) is 36.0 Å². The van der Waals surface area contributed by atoms with E-state index in [0.717, 1.165) is 17.8 Å². The lowest BCUT2D eigenvalue weighted by Gasteiger charge is -2.61. The second-order valence-corrected chi connectivity index (χ2v) is 5.12. The molecule has 0 spiro atoms. The number of nitrogens with two attached hydrogens (primary N) is 1. The Kier molecular flexibility index (Phi) is 1.39. The van der Waals surface area contributed by atoms with Crippen molar-refractivity contribution in [3.05, 3.63) is 0 Å². The Balaban J connectivity index is 2.17. The summed E-state index contributed by atoms with van der Waals surface area (Å²) >= 11 is 0. The van der Waals surface area contributed by atoms with Gasteiger partial charge in [0.05, 0.1) is 0 Å². The van der Waals surface area contributed by atoms with Gasteiger partial charge in [0.15, 0.2) is 0 Å². The molecule has 0 unspecified atom stereocenters. The molecule has 3 rings (SSSR count). The highest BCUT2D eigenvalue weighted by Gasteiger charge is 2.55. The van der Waals surface area contributed by atoms with Gasteiger partial charge in [-0.3, -0.25) is 0 Å². The summed E-state index contributed by atoms with van der Waals surface area (Å²) < 4.78 is 0. The van der Waals surface area contributed by atoms with Gasteiger partial charge in [0.25, 0.3) is 0 Å². The first-order valence-electron chi connectivity index (χ1n) is 4.79. The van der Waals surface area contributed by atoms with E-state index in [0.29, 0.717) is 11.5 Å². The molecule has 0 saturated heterocycles. The molecule has 0 amide bonds. The minimum Gasteiger partial charge on any atom is -0.327 e. The van der Waals surface area contributed by atoms with Crippen LogP contribution in [0, 0.1) is 23.2 Å². The van der Waals surface area contributed by atoms with Gasteiger partial charge in [-0.1, -0.05) is 20.8 Å². The van der Waals surface area contributed by atoms with Crippen molar-refractivity contribution in [2.75, 3.05) is 0 Å². The van der Waals surface area contributed by atoms with Gasteiger partial charge >= 0.3 is 0 Å². The molecule has 11 heavy (non-hydrogen) atoms. The van der Waals surface area contributed by atoms with Gasteiger partial charge in [-0.25, -0.2) is 0 Å². The fourth-order valence-corrected chi connectivity index (χ4v) is 3.19. The standard InChI is InChI=1S/C10H19N/c1-6-8-4-7(5-9(6)11)10(8,2)3/h6-9H,4-5,11H2,1-3H3/t6-,7-,8-,9+/m1/s1. The molecule has 64 valence electrons. The lowest BCUT2D eigenvalue weighted by molar-refractivity contribution is -0.108. The third-order valence-corrected chi connectivity index (χ3v) is 4.41. The maximum Gasteiger partial charge on any atom is 0.00702 e. The van der Waals surface area contributed by atoms with Crippen molar-refractivity contribution in [2.45, 2.75) is 39.7 Å². The van der Waals surface area contributed by atoms with E-state index in [1.807, 2.05) is 0 Å². The molecule has 1 heteroatoms. The van der Waals surface area contributed by atoms with Crippen LogP contribution in [-0.2, 0) is 0 Å². The largest absolute Gasteiger partial charge is 0.327 e. The van der Waals surface area contributed by atoms with E-state index in [9.17, 15) is 0 Å². The summed E-state index contributed by atoms with van der Waals surface area (Å²) in [5, 5.41) is 0. The molecule has 0 aromatic carbocycles. The van der Waals surface area contributed by atoms with Crippen LogP contribution < -0.4 is 5.73 Å². The number of rotatable bonds is 0. The monoisotopic (exact) mass is 153 g/mol. The lowest BCUT2D eigenvalue weighted by atomic mass is 9.45. The highest BCUT2D eigenvalue weighted by molar-refractivity contribution is 5.06. The van der Waals surface area contributed by atoms with Crippen molar-refractivity contribution >= 4 is 0 Å². The van der Waals surface area contributed by atoms with Crippen LogP contribution in [-0.4, -0.2) is 6.04 Å². The Hall–Kier alpha value is -0.0400.